The van der Waals surface area contributed by atoms with Crippen LogP contribution in [0.4, 0.5) is 0 Å². The first kappa shape index (κ1) is 18.4. The van der Waals surface area contributed by atoms with Crippen molar-refractivity contribution in [3.8, 4) is 11.5 Å². The molecule has 0 amide bonds. The average Bonchev–Trinajstić information content (AvgIpc) is 2.62. The van der Waals surface area contributed by atoms with Gasteiger partial charge in [-0.15, -0.1) is 0 Å². The lowest BCUT2D eigenvalue weighted by Gasteiger charge is -2.07. The maximum Gasteiger partial charge on any atom is 0.338 e. The van der Waals surface area contributed by atoms with E-state index in [1.54, 1.807) is 55.5 Å². The third-order valence-electron chi connectivity index (χ3n) is 3.31. The second-order valence-corrected chi connectivity index (χ2v) is 5.30. The Morgan fingerprint density at radius 3 is 1.92 bits per heavy atom. The van der Waals surface area contributed by atoms with Crippen LogP contribution >= 0.6 is 0 Å². The van der Waals surface area contributed by atoms with Crippen molar-refractivity contribution in [3.05, 3.63) is 71.8 Å². The zero-order chi connectivity index (χ0) is 18.2. The van der Waals surface area contributed by atoms with Gasteiger partial charge in [-0.2, -0.15) is 0 Å². The summed E-state index contributed by atoms with van der Waals surface area (Å²) in [5, 5.41) is 0. The summed E-state index contributed by atoms with van der Waals surface area (Å²) >= 11 is 0. The first-order valence-corrected chi connectivity index (χ1v) is 7.84. The second kappa shape index (κ2) is 8.80. The van der Waals surface area contributed by atoms with Crippen LogP contribution in [0.1, 0.15) is 29.8 Å². The van der Waals surface area contributed by atoms with Gasteiger partial charge in [0.15, 0.2) is 12.6 Å². The maximum atomic E-state index is 12.5. The Kier molecular flexibility index (Phi) is 6.48. The molecule has 2 aromatic rings. The Bertz CT molecular complexity index is 745. The molecule has 2 aromatic carbocycles. The van der Waals surface area contributed by atoms with E-state index in [0.717, 1.165) is 0 Å². The van der Waals surface area contributed by atoms with Gasteiger partial charge in [0.25, 0.3) is 0 Å². The molecule has 0 atom stereocenters. The van der Waals surface area contributed by atoms with Crippen LogP contribution in [0.15, 0.2) is 60.7 Å². The van der Waals surface area contributed by atoms with Crippen molar-refractivity contribution >= 4 is 11.8 Å². The summed E-state index contributed by atoms with van der Waals surface area (Å²) in [5.74, 6) is 0.368. The SMILES string of the molecule is C=C(C)C(=O)Oc1ccc(C(=O)c2ccc(OCOCC)cc2)cc1. The minimum Gasteiger partial charge on any atom is -0.468 e. The van der Waals surface area contributed by atoms with E-state index in [0.29, 0.717) is 34.8 Å². The van der Waals surface area contributed by atoms with Crippen molar-refractivity contribution in [1.82, 2.24) is 0 Å². The minimum absolute atomic E-state index is 0.130. The first-order valence-electron chi connectivity index (χ1n) is 7.84. The molecule has 0 radical (unpaired) electrons. The maximum absolute atomic E-state index is 12.5. The van der Waals surface area contributed by atoms with Crippen molar-refractivity contribution in [2.75, 3.05) is 13.4 Å². The van der Waals surface area contributed by atoms with Crippen molar-refractivity contribution in [2.24, 2.45) is 0 Å². The molecule has 0 aliphatic rings. The number of esters is 1. The molecule has 0 aliphatic heterocycles. The number of hydrogen-bond donors (Lipinski definition) is 0. The summed E-state index contributed by atoms with van der Waals surface area (Å²) in [6.07, 6.45) is 0. The molecule has 0 aromatic heterocycles. The highest BCUT2D eigenvalue weighted by atomic mass is 16.7. The largest absolute Gasteiger partial charge is 0.468 e. The summed E-state index contributed by atoms with van der Waals surface area (Å²) in [6.45, 7) is 7.73. The van der Waals surface area contributed by atoms with E-state index in [2.05, 4.69) is 6.58 Å². The molecule has 0 unspecified atom stereocenters. The van der Waals surface area contributed by atoms with Crippen molar-refractivity contribution in [3.63, 3.8) is 0 Å². The predicted octanol–water partition coefficient (Wildman–Crippen LogP) is 3.77. The normalized spacial score (nSPS) is 10.2. The zero-order valence-corrected chi connectivity index (χ0v) is 14.3. The predicted molar refractivity (Wildman–Crippen MR) is 93.9 cm³/mol. The molecule has 0 fully saturated rings. The fourth-order valence-electron chi connectivity index (χ4n) is 1.93. The van der Waals surface area contributed by atoms with E-state index in [9.17, 15) is 9.59 Å². The van der Waals surface area contributed by atoms with E-state index in [4.69, 9.17) is 14.2 Å². The molecule has 130 valence electrons. The second-order valence-electron chi connectivity index (χ2n) is 5.30. The number of carbonyl (C=O) groups excluding carboxylic acids is 2. The smallest absolute Gasteiger partial charge is 0.338 e. The summed E-state index contributed by atoms with van der Waals surface area (Å²) in [7, 11) is 0. The molecule has 5 heteroatoms. The van der Waals surface area contributed by atoms with Crippen LogP contribution in [0.2, 0.25) is 0 Å². The molecule has 0 saturated carbocycles. The summed E-state index contributed by atoms with van der Waals surface area (Å²) < 4.78 is 15.6. The van der Waals surface area contributed by atoms with E-state index in [1.807, 2.05) is 6.92 Å². The number of ketones is 1. The molecule has 25 heavy (non-hydrogen) atoms. The first-order chi connectivity index (χ1) is 12.0. The third kappa shape index (κ3) is 5.29. The van der Waals surface area contributed by atoms with Gasteiger partial charge in [0.1, 0.15) is 11.5 Å². The minimum atomic E-state index is -0.498. The average molecular weight is 340 g/mol. The molecule has 2 rings (SSSR count). The Morgan fingerprint density at radius 2 is 1.44 bits per heavy atom. The lowest BCUT2D eigenvalue weighted by atomic mass is 10.0. The van der Waals surface area contributed by atoms with Gasteiger partial charge >= 0.3 is 5.97 Å². The molecule has 0 heterocycles. The van der Waals surface area contributed by atoms with Crippen molar-refractivity contribution < 1.29 is 23.8 Å². The van der Waals surface area contributed by atoms with Crippen molar-refractivity contribution in [1.29, 1.82) is 0 Å². The molecule has 0 bridgehead atoms. The standard InChI is InChI=1S/C20H20O5/c1-4-23-13-24-17-9-5-15(6-10-17)19(21)16-7-11-18(12-8-16)25-20(22)14(2)3/h5-12H,2,4,13H2,1,3H3. The molecular weight excluding hydrogens is 320 g/mol. The topological polar surface area (TPSA) is 61.8 Å². The third-order valence-corrected chi connectivity index (χ3v) is 3.31. The van der Waals surface area contributed by atoms with Gasteiger partial charge in [-0.05, 0) is 62.4 Å². The van der Waals surface area contributed by atoms with Crippen molar-refractivity contribution in [2.45, 2.75) is 13.8 Å². The van der Waals surface area contributed by atoms with E-state index >= 15 is 0 Å². The molecule has 5 nitrogen and oxygen atoms in total. The van der Waals surface area contributed by atoms with E-state index < -0.39 is 5.97 Å². The quantitative estimate of drug-likeness (QED) is 0.183. The lowest BCUT2D eigenvalue weighted by molar-refractivity contribution is -0.130. The van der Waals surface area contributed by atoms with Crippen LogP contribution in [-0.2, 0) is 9.53 Å². The van der Waals surface area contributed by atoms with Crippen LogP contribution in [0, 0.1) is 0 Å². The lowest BCUT2D eigenvalue weighted by Crippen LogP contribution is -2.08. The van der Waals surface area contributed by atoms with Gasteiger partial charge < -0.3 is 14.2 Å². The number of carbonyl (C=O) groups is 2. The Morgan fingerprint density at radius 1 is 0.920 bits per heavy atom. The zero-order valence-electron chi connectivity index (χ0n) is 14.3. The van der Waals surface area contributed by atoms with Crippen LogP contribution in [0.25, 0.3) is 0 Å². The van der Waals surface area contributed by atoms with Gasteiger partial charge in [0.2, 0.25) is 0 Å². The summed E-state index contributed by atoms with van der Waals surface area (Å²) in [6, 6.07) is 13.2. The highest BCUT2D eigenvalue weighted by molar-refractivity contribution is 6.09. The fraction of sp³-hybridized carbons (Fsp3) is 0.200. The van der Waals surface area contributed by atoms with E-state index in [-0.39, 0.29) is 12.6 Å². The van der Waals surface area contributed by atoms with Crippen LogP contribution in [-0.4, -0.2) is 25.2 Å². The molecule has 0 N–H and O–H groups in total. The van der Waals surface area contributed by atoms with Crippen LogP contribution in [0.3, 0.4) is 0 Å². The Hall–Kier alpha value is -2.92. The number of rotatable bonds is 8. The van der Waals surface area contributed by atoms with Gasteiger partial charge in [-0.25, -0.2) is 4.79 Å². The monoisotopic (exact) mass is 340 g/mol. The molecule has 0 aliphatic carbocycles. The number of ether oxygens (including phenoxy) is 3. The Labute approximate surface area is 146 Å². The van der Waals surface area contributed by atoms with Crippen LogP contribution in [0.5, 0.6) is 11.5 Å². The van der Waals surface area contributed by atoms with Gasteiger partial charge in [-0.1, -0.05) is 6.58 Å². The van der Waals surface area contributed by atoms with Crippen LogP contribution < -0.4 is 9.47 Å². The summed E-state index contributed by atoms with van der Waals surface area (Å²) in [4.78, 5) is 23.9. The highest BCUT2D eigenvalue weighted by Crippen LogP contribution is 2.18. The molecular formula is C20H20O5. The van der Waals surface area contributed by atoms with Gasteiger partial charge in [-0.3, -0.25) is 4.79 Å². The Balaban J connectivity index is 2.02. The molecule has 0 saturated heterocycles. The van der Waals surface area contributed by atoms with Gasteiger partial charge in [0, 0.05) is 23.3 Å². The number of hydrogen-bond acceptors (Lipinski definition) is 5. The molecule has 0 spiro atoms. The summed E-state index contributed by atoms with van der Waals surface area (Å²) in [5.41, 5.74) is 1.35. The van der Waals surface area contributed by atoms with E-state index in [1.165, 1.54) is 0 Å². The fourth-order valence-corrected chi connectivity index (χ4v) is 1.93. The highest BCUT2D eigenvalue weighted by Gasteiger charge is 2.11. The number of benzene rings is 2. The van der Waals surface area contributed by atoms with Gasteiger partial charge in [0.05, 0.1) is 0 Å².